The van der Waals surface area contributed by atoms with E-state index in [0.717, 1.165) is 4.47 Å². The van der Waals surface area contributed by atoms with Crippen LogP contribution in [0.25, 0.3) is 0 Å². The van der Waals surface area contributed by atoms with E-state index >= 15 is 0 Å². The lowest BCUT2D eigenvalue weighted by Crippen LogP contribution is -2.47. The number of nitrogens with zero attached hydrogens (tertiary/aromatic N) is 2. The number of benzene rings is 1. The first-order chi connectivity index (χ1) is 12.9. The van der Waals surface area contributed by atoms with Crippen LogP contribution in [0.3, 0.4) is 0 Å². The fourth-order valence-corrected chi connectivity index (χ4v) is 3.33. The number of anilines is 1. The quantitative estimate of drug-likeness (QED) is 0.716. The van der Waals surface area contributed by atoms with E-state index in [0.29, 0.717) is 17.1 Å². The zero-order valence-corrected chi connectivity index (χ0v) is 16.4. The minimum atomic E-state index is -0.613. The van der Waals surface area contributed by atoms with E-state index in [9.17, 15) is 14.4 Å². The largest absolute Gasteiger partial charge is 0.479 e. The summed E-state index contributed by atoms with van der Waals surface area (Å²) in [5.41, 5.74) is 5.77. The van der Waals surface area contributed by atoms with Crippen molar-refractivity contribution in [3.8, 4) is 5.75 Å². The van der Waals surface area contributed by atoms with E-state index in [1.807, 2.05) is 6.07 Å². The van der Waals surface area contributed by atoms with Gasteiger partial charge in [-0.15, -0.1) is 0 Å². The number of amides is 3. The van der Waals surface area contributed by atoms with Crippen LogP contribution in [0.1, 0.15) is 23.8 Å². The van der Waals surface area contributed by atoms with Crippen molar-refractivity contribution in [2.24, 2.45) is 7.05 Å². The first kappa shape index (κ1) is 19.0. The maximum absolute atomic E-state index is 12.4. The van der Waals surface area contributed by atoms with E-state index in [2.05, 4.69) is 26.8 Å². The molecular weight excluding hydrogens is 416 g/mol. The highest BCUT2D eigenvalue weighted by atomic mass is 79.9. The normalized spacial score (nSPS) is 15.7. The second-order valence-electron chi connectivity index (χ2n) is 6.12. The van der Waals surface area contributed by atoms with E-state index in [-0.39, 0.29) is 18.9 Å². The summed E-state index contributed by atoms with van der Waals surface area (Å²) < 4.78 is 7.97. The molecule has 0 fully saturated rings. The van der Waals surface area contributed by atoms with Gasteiger partial charge in [-0.25, -0.2) is 0 Å². The van der Waals surface area contributed by atoms with Crippen molar-refractivity contribution in [3.63, 3.8) is 0 Å². The summed E-state index contributed by atoms with van der Waals surface area (Å²) in [4.78, 5) is 38.1. The predicted molar refractivity (Wildman–Crippen MR) is 102 cm³/mol. The van der Waals surface area contributed by atoms with Crippen LogP contribution < -0.4 is 20.5 Å². The van der Waals surface area contributed by atoms with Gasteiger partial charge in [-0.3, -0.25) is 25.2 Å². The maximum Gasteiger partial charge on any atom is 0.286 e. The Morgan fingerprint density at radius 1 is 1.26 bits per heavy atom. The van der Waals surface area contributed by atoms with Crippen LogP contribution in [-0.4, -0.2) is 34.9 Å². The molecule has 0 radical (unpaired) electrons. The Balaban J connectivity index is 1.57. The molecule has 0 saturated carbocycles. The van der Waals surface area contributed by atoms with Crippen molar-refractivity contribution in [1.29, 1.82) is 0 Å². The molecule has 1 aromatic heterocycles. The molecule has 0 aliphatic carbocycles. The highest BCUT2D eigenvalue weighted by molar-refractivity contribution is 9.10. The summed E-state index contributed by atoms with van der Waals surface area (Å²) in [6.45, 7) is 1.85. The van der Waals surface area contributed by atoms with Crippen LogP contribution in [0.4, 0.5) is 5.69 Å². The van der Waals surface area contributed by atoms with Crippen molar-refractivity contribution in [3.05, 3.63) is 46.7 Å². The summed E-state index contributed by atoms with van der Waals surface area (Å²) in [6, 6.07) is 8.82. The predicted octanol–water partition coefficient (Wildman–Crippen LogP) is 1.75. The summed E-state index contributed by atoms with van der Waals surface area (Å²) in [7, 11) is 1.73. The molecule has 0 spiro atoms. The van der Waals surface area contributed by atoms with E-state index in [4.69, 9.17) is 4.74 Å². The second kappa shape index (κ2) is 7.83. The Hall–Kier alpha value is -2.81. The average Bonchev–Trinajstić information content (AvgIpc) is 2.98. The lowest BCUT2D eigenvalue weighted by Gasteiger charge is -2.32. The molecule has 0 saturated heterocycles. The topological polar surface area (TPSA) is 92.7 Å². The molecule has 3 rings (SSSR count). The van der Waals surface area contributed by atoms with Gasteiger partial charge in [0.1, 0.15) is 11.4 Å². The third-order valence-electron chi connectivity index (χ3n) is 4.16. The molecule has 9 heteroatoms. The van der Waals surface area contributed by atoms with Crippen LogP contribution in [0.15, 0.2) is 41.0 Å². The number of rotatable bonds is 4. The monoisotopic (exact) mass is 434 g/mol. The van der Waals surface area contributed by atoms with Gasteiger partial charge in [0, 0.05) is 30.7 Å². The Bertz CT molecular complexity index is 895. The summed E-state index contributed by atoms with van der Waals surface area (Å²) in [6.07, 6.45) is 1.15. The Labute approximate surface area is 164 Å². The number of ether oxygens (including phenoxy) is 1. The van der Waals surface area contributed by atoms with Gasteiger partial charge < -0.3 is 14.2 Å². The SMILES string of the molecule is CC1Oc2ccccc2N(CCC(=O)NNC(=O)c2cc(Br)cn2C)C1=O. The van der Waals surface area contributed by atoms with Crippen LogP contribution in [-0.2, 0) is 16.6 Å². The number of hydrogen-bond donors (Lipinski definition) is 2. The average molecular weight is 435 g/mol. The Morgan fingerprint density at radius 2 is 2.00 bits per heavy atom. The first-order valence-electron chi connectivity index (χ1n) is 8.35. The number of carbonyl (C=O) groups is 3. The summed E-state index contributed by atoms with van der Waals surface area (Å²) in [5.74, 6) is -0.439. The minimum Gasteiger partial charge on any atom is -0.479 e. The molecule has 2 heterocycles. The smallest absolute Gasteiger partial charge is 0.286 e. The van der Waals surface area contributed by atoms with Crippen LogP contribution in [0.2, 0.25) is 0 Å². The Morgan fingerprint density at radius 3 is 2.70 bits per heavy atom. The summed E-state index contributed by atoms with van der Waals surface area (Å²) in [5, 5.41) is 0. The fraction of sp³-hybridized carbons (Fsp3) is 0.278. The molecule has 142 valence electrons. The maximum atomic E-state index is 12.4. The van der Waals surface area contributed by atoms with Crippen molar-refractivity contribution < 1.29 is 19.1 Å². The Kier molecular flexibility index (Phi) is 5.50. The van der Waals surface area contributed by atoms with Gasteiger partial charge in [-0.05, 0) is 41.1 Å². The molecule has 0 bridgehead atoms. The molecular formula is C18H19BrN4O4. The minimum absolute atomic E-state index is 0.0317. The fourth-order valence-electron chi connectivity index (χ4n) is 2.81. The molecule has 8 nitrogen and oxygen atoms in total. The number of nitrogens with one attached hydrogen (secondary N) is 2. The third-order valence-corrected chi connectivity index (χ3v) is 4.59. The van der Waals surface area contributed by atoms with Crippen molar-refractivity contribution in [1.82, 2.24) is 15.4 Å². The number of hydrazine groups is 1. The highest BCUT2D eigenvalue weighted by Crippen LogP contribution is 2.33. The first-order valence-corrected chi connectivity index (χ1v) is 9.14. The van der Waals surface area contributed by atoms with Gasteiger partial charge in [0.25, 0.3) is 11.8 Å². The van der Waals surface area contributed by atoms with E-state index < -0.39 is 17.9 Å². The van der Waals surface area contributed by atoms with Gasteiger partial charge in [-0.1, -0.05) is 12.1 Å². The third kappa shape index (κ3) is 4.13. The van der Waals surface area contributed by atoms with Crippen LogP contribution in [0, 0.1) is 0 Å². The molecule has 1 aliphatic rings. The number of hydrogen-bond acceptors (Lipinski definition) is 4. The number of halogens is 1. The van der Waals surface area contributed by atoms with Gasteiger partial charge in [0.05, 0.1) is 5.69 Å². The second-order valence-corrected chi connectivity index (χ2v) is 7.04. The molecule has 2 aromatic rings. The number of aromatic nitrogens is 1. The molecule has 1 atom stereocenters. The lowest BCUT2D eigenvalue weighted by atomic mass is 10.1. The van der Waals surface area contributed by atoms with E-state index in [1.54, 1.807) is 49.0 Å². The number of para-hydroxylation sites is 2. The zero-order chi connectivity index (χ0) is 19.6. The molecule has 1 aliphatic heterocycles. The summed E-state index contributed by atoms with van der Waals surface area (Å²) >= 11 is 3.29. The van der Waals surface area contributed by atoms with Crippen molar-refractivity contribution >= 4 is 39.3 Å². The van der Waals surface area contributed by atoms with E-state index in [1.165, 1.54) is 4.90 Å². The lowest BCUT2D eigenvalue weighted by molar-refractivity contribution is -0.125. The molecule has 27 heavy (non-hydrogen) atoms. The number of aryl methyl sites for hydroxylation is 1. The standard InChI is InChI=1S/C18H19BrN4O4/c1-11-18(26)23(13-5-3-4-6-15(13)27-11)8-7-16(24)20-21-17(25)14-9-12(19)10-22(14)2/h3-6,9-11H,7-8H2,1-2H3,(H,20,24)(H,21,25). The molecule has 1 unspecified atom stereocenters. The zero-order valence-electron chi connectivity index (χ0n) is 14.9. The number of carbonyl (C=O) groups excluding carboxylic acids is 3. The van der Waals surface area contributed by atoms with Gasteiger partial charge in [0.15, 0.2) is 6.10 Å². The highest BCUT2D eigenvalue weighted by Gasteiger charge is 2.31. The van der Waals surface area contributed by atoms with Crippen molar-refractivity contribution in [2.45, 2.75) is 19.4 Å². The van der Waals surface area contributed by atoms with Gasteiger partial charge >= 0.3 is 0 Å². The number of fused-ring (bicyclic) bond motifs is 1. The van der Waals surface area contributed by atoms with Crippen molar-refractivity contribution in [2.75, 3.05) is 11.4 Å². The molecule has 1 aromatic carbocycles. The van der Waals surface area contributed by atoms with Gasteiger partial charge in [-0.2, -0.15) is 0 Å². The molecule has 3 amide bonds. The molecule has 2 N–H and O–H groups in total. The van der Waals surface area contributed by atoms with Crippen LogP contribution >= 0.6 is 15.9 Å². The van der Waals surface area contributed by atoms with Gasteiger partial charge in [0.2, 0.25) is 5.91 Å². The van der Waals surface area contributed by atoms with Crippen LogP contribution in [0.5, 0.6) is 5.75 Å².